The molecule has 0 aromatic rings. The van der Waals surface area contributed by atoms with Crippen molar-refractivity contribution in [1.82, 2.24) is 10.2 Å². The molecule has 0 aromatic carbocycles. The lowest BCUT2D eigenvalue weighted by atomic mass is 10.1. The molecule has 0 aliphatic carbocycles. The quantitative estimate of drug-likeness (QED) is 0.742. The second-order valence-electron chi connectivity index (χ2n) is 5.10. The van der Waals surface area contributed by atoms with Crippen molar-refractivity contribution in [3.63, 3.8) is 0 Å². The van der Waals surface area contributed by atoms with Gasteiger partial charge in [-0.15, -0.1) is 0 Å². The summed E-state index contributed by atoms with van der Waals surface area (Å²) in [5.41, 5.74) is 0. The maximum atomic E-state index is 5.28. The Balaban J connectivity index is 1.73. The molecule has 3 nitrogen and oxygen atoms in total. The van der Waals surface area contributed by atoms with Gasteiger partial charge < -0.3 is 10.1 Å². The SMILES string of the molecule is CC(C)N(CCC1CCCN1)C1COC1. The summed E-state index contributed by atoms with van der Waals surface area (Å²) in [5.74, 6) is 0. The van der Waals surface area contributed by atoms with Gasteiger partial charge in [-0.1, -0.05) is 0 Å². The Morgan fingerprint density at radius 1 is 1.40 bits per heavy atom. The van der Waals surface area contributed by atoms with Gasteiger partial charge >= 0.3 is 0 Å². The van der Waals surface area contributed by atoms with E-state index in [0.717, 1.165) is 19.3 Å². The lowest BCUT2D eigenvalue weighted by molar-refractivity contribution is -0.0757. The molecular formula is C12H24N2O. The van der Waals surface area contributed by atoms with Crippen LogP contribution in [0.25, 0.3) is 0 Å². The minimum absolute atomic E-state index is 0.653. The highest BCUT2D eigenvalue weighted by Gasteiger charge is 2.28. The van der Waals surface area contributed by atoms with Gasteiger partial charge in [0, 0.05) is 18.6 Å². The van der Waals surface area contributed by atoms with Crippen LogP contribution in [0.2, 0.25) is 0 Å². The summed E-state index contributed by atoms with van der Waals surface area (Å²) in [4.78, 5) is 2.60. The van der Waals surface area contributed by atoms with Crippen molar-refractivity contribution in [2.75, 3.05) is 26.3 Å². The molecule has 2 aliphatic heterocycles. The first-order valence-corrected chi connectivity index (χ1v) is 6.34. The fraction of sp³-hybridized carbons (Fsp3) is 1.00. The predicted molar refractivity (Wildman–Crippen MR) is 62.1 cm³/mol. The molecule has 2 saturated heterocycles. The highest BCUT2D eigenvalue weighted by molar-refractivity contribution is 4.82. The van der Waals surface area contributed by atoms with Crippen molar-refractivity contribution in [3.8, 4) is 0 Å². The molecule has 0 saturated carbocycles. The zero-order valence-electron chi connectivity index (χ0n) is 10.0. The second kappa shape index (κ2) is 5.28. The number of rotatable bonds is 5. The third-order valence-electron chi connectivity index (χ3n) is 3.65. The minimum Gasteiger partial charge on any atom is -0.378 e. The third kappa shape index (κ3) is 2.92. The first-order chi connectivity index (χ1) is 7.27. The highest BCUT2D eigenvalue weighted by atomic mass is 16.5. The summed E-state index contributed by atoms with van der Waals surface area (Å²) in [7, 11) is 0. The van der Waals surface area contributed by atoms with Crippen LogP contribution in [-0.4, -0.2) is 49.3 Å². The molecule has 88 valence electrons. The van der Waals surface area contributed by atoms with E-state index in [9.17, 15) is 0 Å². The Labute approximate surface area is 93.2 Å². The van der Waals surface area contributed by atoms with E-state index in [1.54, 1.807) is 0 Å². The van der Waals surface area contributed by atoms with Gasteiger partial charge in [0.25, 0.3) is 0 Å². The van der Waals surface area contributed by atoms with Gasteiger partial charge in [0.2, 0.25) is 0 Å². The molecule has 2 rings (SSSR count). The Morgan fingerprint density at radius 3 is 2.67 bits per heavy atom. The van der Waals surface area contributed by atoms with Crippen molar-refractivity contribution < 1.29 is 4.74 Å². The summed E-state index contributed by atoms with van der Waals surface area (Å²) in [6.45, 7) is 8.91. The fourth-order valence-electron chi connectivity index (χ4n) is 2.59. The fourth-order valence-corrected chi connectivity index (χ4v) is 2.59. The first kappa shape index (κ1) is 11.4. The molecular weight excluding hydrogens is 188 g/mol. The van der Waals surface area contributed by atoms with E-state index < -0.39 is 0 Å². The Kier molecular flexibility index (Phi) is 4.00. The number of hydrogen-bond donors (Lipinski definition) is 1. The van der Waals surface area contributed by atoms with Crippen LogP contribution in [0, 0.1) is 0 Å². The zero-order chi connectivity index (χ0) is 10.7. The van der Waals surface area contributed by atoms with E-state index in [4.69, 9.17) is 4.74 Å². The normalized spacial score (nSPS) is 27.6. The van der Waals surface area contributed by atoms with Crippen LogP contribution < -0.4 is 5.32 Å². The topological polar surface area (TPSA) is 24.5 Å². The van der Waals surface area contributed by atoms with Crippen molar-refractivity contribution >= 4 is 0 Å². The van der Waals surface area contributed by atoms with Gasteiger partial charge in [-0.2, -0.15) is 0 Å². The molecule has 0 radical (unpaired) electrons. The van der Waals surface area contributed by atoms with E-state index in [2.05, 4.69) is 24.1 Å². The van der Waals surface area contributed by atoms with Crippen LogP contribution >= 0.6 is 0 Å². The average molecular weight is 212 g/mol. The predicted octanol–water partition coefficient (Wildman–Crippen LogP) is 1.24. The molecule has 1 unspecified atom stereocenters. The maximum absolute atomic E-state index is 5.28. The number of nitrogens with zero attached hydrogens (tertiary/aromatic N) is 1. The van der Waals surface area contributed by atoms with Crippen molar-refractivity contribution in [3.05, 3.63) is 0 Å². The molecule has 0 bridgehead atoms. The van der Waals surface area contributed by atoms with Crippen LogP contribution in [0.3, 0.4) is 0 Å². The van der Waals surface area contributed by atoms with Crippen LogP contribution in [0.1, 0.15) is 33.1 Å². The Hall–Kier alpha value is -0.120. The molecule has 1 N–H and O–H groups in total. The number of ether oxygens (including phenoxy) is 1. The number of nitrogens with one attached hydrogen (secondary N) is 1. The lowest BCUT2D eigenvalue weighted by Gasteiger charge is -2.40. The number of hydrogen-bond acceptors (Lipinski definition) is 3. The van der Waals surface area contributed by atoms with Gasteiger partial charge in [-0.25, -0.2) is 0 Å². The van der Waals surface area contributed by atoms with Crippen LogP contribution in [0.4, 0.5) is 0 Å². The van der Waals surface area contributed by atoms with E-state index in [0.29, 0.717) is 12.1 Å². The van der Waals surface area contributed by atoms with E-state index in [-0.39, 0.29) is 0 Å². The van der Waals surface area contributed by atoms with Gasteiger partial charge in [0.15, 0.2) is 0 Å². The van der Waals surface area contributed by atoms with Crippen molar-refractivity contribution in [2.45, 2.75) is 51.2 Å². The molecule has 0 spiro atoms. The third-order valence-corrected chi connectivity index (χ3v) is 3.65. The summed E-state index contributed by atoms with van der Waals surface area (Å²) < 4.78 is 5.28. The van der Waals surface area contributed by atoms with Gasteiger partial charge in [0.1, 0.15) is 0 Å². The van der Waals surface area contributed by atoms with Crippen LogP contribution in [0.15, 0.2) is 0 Å². The molecule has 2 heterocycles. The van der Waals surface area contributed by atoms with Crippen molar-refractivity contribution in [2.24, 2.45) is 0 Å². The van der Waals surface area contributed by atoms with Crippen molar-refractivity contribution in [1.29, 1.82) is 0 Å². The monoisotopic (exact) mass is 212 g/mol. The Bertz CT molecular complexity index is 186. The summed E-state index contributed by atoms with van der Waals surface area (Å²) in [6.07, 6.45) is 4.03. The molecule has 0 aromatic heterocycles. The lowest BCUT2D eigenvalue weighted by Crippen LogP contribution is -2.52. The molecule has 2 aliphatic rings. The second-order valence-corrected chi connectivity index (χ2v) is 5.10. The van der Waals surface area contributed by atoms with E-state index in [1.165, 1.54) is 32.4 Å². The van der Waals surface area contributed by atoms with Crippen LogP contribution in [-0.2, 0) is 4.74 Å². The van der Waals surface area contributed by atoms with Crippen LogP contribution in [0.5, 0.6) is 0 Å². The van der Waals surface area contributed by atoms with Gasteiger partial charge in [0.05, 0.1) is 19.3 Å². The molecule has 2 fully saturated rings. The summed E-state index contributed by atoms with van der Waals surface area (Å²) >= 11 is 0. The first-order valence-electron chi connectivity index (χ1n) is 6.34. The maximum Gasteiger partial charge on any atom is 0.0645 e. The minimum atomic E-state index is 0.653. The highest BCUT2D eigenvalue weighted by Crippen LogP contribution is 2.16. The summed E-state index contributed by atoms with van der Waals surface area (Å²) in [6, 6.07) is 2.11. The molecule has 1 atom stereocenters. The molecule has 0 amide bonds. The van der Waals surface area contributed by atoms with Gasteiger partial charge in [-0.3, -0.25) is 4.90 Å². The largest absolute Gasteiger partial charge is 0.378 e. The Morgan fingerprint density at radius 2 is 2.20 bits per heavy atom. The zero-order valence-corrected chi connectivity index (χ0v) is 10.0. The van der Waals surface area contributed by atoms with E-state index >= 15 is 0 Å². The standard InChI is InChI=1S/C12H24N2O/c1-10(2)14(12-8-15-9-12)7-5-11-4-3-6-13-11/h10-13H,3-9H2,1-2H3. The van der Waals surface area contributed by atoms with E-state index in [1.807, 2.05) is 0 Å². The smallest absolute Gasteiger partial charge is 0.0645 e. The molecule has 15 heavy (non-hydrogen) atoms. The van der Waals surface area contributed by atoms with Gasteiger partial charge in [-0.05, 0) is 39.7 Å². The average Bonchev–Trinajstić information content (AvgIpc) is 2.60. The molecule has 3 heteroatoms. The summed E-state index contributed by atoms with van der Waals surface area (Å²) in [5, 5.41) is 3.57.